The molecule has 0 aromatic carbocycles. The van der Waals surface area contributed by atoms with Crippen molar-refractivity contribution in [2.45, 2.75) is 316 Å². The Labute approximate surface area is 422 Å². The number of ether oxygens (including phenoxy) is 3. The minimum absolute atomic E-state index is 0.0797. The van der Waals surface area contributed by atoms with Gasteiger partial charge in [0.1, 0.15) is 13.2 Å². The highest BCUT2D eigenvalue weighted by Crippen LogP contribution is 2.17. The van der Waals surface area contributed by atoms with Gasteiger partial charge in [-0.15, -0.1) is 0 Å². The van der Waals surface area contributed by atoms with Crippen LogP contribution in [0.3, 0.4) is 0 Å². The summed E-state index contributed by atoms with van der Waals surface area (Å²) in [5, 5.41) is 0. The third kappa shape index (κ3) is 54.3. The molecule has 0 rings (SSSR count). The average Bonchev–Trinajstić information content (AvgIpc) is 3.34. The van der Waals surface area contributed by atoms with Gasteiger partial charge in [0.15, 0.2) is 6.10 Å². The maximum atomic E-state index is 12.9. The number of unbranched alkanes of at least 4 members (excludes halogenated alkanes) is 35. The first-order valence-corrected chi connectivity index (χ1v) is 29.6. The van der Waals surface area contributed by atoms with Crippen LogP contribution in [0.1, 0.15) is 310 Å². The molecule has 0 radical (unpaired) electrons. The summed E-state index contributed by atoms with van der Waals surface area (Å²) in [7, 11) is 0. The second-order valence-corrected chi connectivity index (χ2v) is 19.9. The molecule has 1 atom stereocenters. The number of carbonyl (C=O) groups is 3. The first kappa shape index (κ1) is 65.4. The molecule has 6 nitrogen and oxygen atoms in total. The van der Waals surface area contributed by atoms with Crippen LogP contribution in [-0.4, -0.2) is 37.2 Å². The molecule has 0 aliphatic heterocycles. The van der Waals surface area contributed by atoms with Crippen LogP contribution in [-0.2, 0) is 28.6 Å². The zero-order chi connectivity index (χ0) is 49.3. The smallest absolute Gasteiger partial charge is 0.306 e. The third-order valence-corrected chi connectivity index (χ3v) is 13.1. The van der Waals surface area contributed by atoms with Crippen molar-refractivity contribution in [2.24, 2.45) is 0 Å². The minimum Gasteiger partial charge on any atom is -0.462 e. The molecule has 0 aliphatic carbocycles. The van der Waals surface area contributed by atoms with Gasteiger partial charge in [0, 0.05) is 19.3 Å². The van der Waals surface area contributed by atoms with Crippen LogP contribution in [0.4, 0.5) is 0 Å². The van der Waals surface area contributed by atoms with Crippen molar-refractivity contribution in [1.82, 2.24) is 0 Å². The van der Waals surface area contributed by atoms with E-state index in [1.54, 1.807) is 0 Å². The Kier molecular flexibility index (Phi) is 54.8. The lowest BCUT2D eigenvalue weighted by Crippen LogP contribution is -2.30. The van der Waals surface area contributed by atoms with E-state index in [0.717, 1.165) is 89.9 Å². The molecule has 0 aromatic heterocycles. The lowest BCUT2D eigenvalue weighted by Gasteiger charge is -2.18. The predicted molar refractivity (Wildman–Crippen MR) is 293 cm³/mol. The van der Waals surface area contributed by atoms with E-state index in [0.29, 0.717) is 19.3 Å². The number of carbonyl (C=O) groups excluding carboxylic acids is 3. The van der Waals surface area contributed by atoms with Gasteiger partial charge in [0.05, 0.1) is 0 Å². The van der Waals surface area contributed by atoms with Crippen molar-refractivity contribution in [3.8, 4) is 0 Å². The second kappa shape index (κ2) is 57.0. The molecule has 6 heteroatoms. The minimum atomic E-state index is -0.782. The first-order chi connectivity index (χ1) is 33.5. The van der Waals surface area contributed by atoms with E-state index < -0.39 is 6.10 Å². The summed E-state index contributed by atoms with van der Waals surface area (Å²) < 4.78 is 16.9. The van der Waals surface area contributed by atoms with E-state index in [1.807, 2.05) is 0 Å². The third-order valence-electron chi connectivity index (χ3n) is 13.1. The van der Waals surface area contributed by atoms with Crippen molar-refractivity contribution < 1.29 is 28.6 Å². The summed E-state index contributed by atoms with van der Waals surface area (Å²) in [5.74, 6) is -0.890. The lowest BCUT2D eigenvalue weighted by atomic mass is 10.0. The van der Waals surface area contributed by atoms with Crippen LogP contribution < -0.4 is 0 Å². The van der Waals surface area contributed by atoms with Gasteiger partial charge in [-0.3, -0.25) is 14.4 Å². The maximum Gasteiger partial charge on any atom is 0.306 e. The molecule has 0 spiro atoms. The standard InChI is InChI=1S/C62H112O6/c1-4-7-10-13-16-19-22-25-28-30-31-33-34-37-40-43-46-49-52-55-61(64)67-58-59(57-66-60(63)54-51-48-45-42-39-36-27-24-21-18-15-12-9-6-3)68-62(65)56-53-50-47-44-41-38-35-32-29-26-23-20-17-14-11-8-5-2/h9,12,18,21,27,30-31,36,59H,4-8,10-11,13-17,19-20,22-26,28-29,32-35,37-58H2,1-3H3/b12-9-,21-18-,31-30-,36-27-. The Hall–Kier alpha value is -2.63. The van der Waals surface area contributed by atoms with Gasteiger partial charge < -0.3 is 14.2 Å². The van der Waals surface area contributed by atoms with E-state index in [9.17, 15) is 14.4 Å². The zero-order valence-electron chi connectivity index (χ0n) is 45.4. The van der Waals surface area contributed by atoms with Crippen LogP contribution in [0.15, 0.2) is 48.6 Å². The number of allylic oxidation sites excluding steroid dienone is 8. The van der Waals surface area contributed by atoms with Gasteiger partial charge in [-0.2, -0.15) is 0 Å². The van der Waals surface area contributed by atoms with Crippen molar-refractivity contribution >= 4 is 17.9 Å². The number of esters is 3. The molecule has 396 valence electrons. The molecule has 0 heterocycles. The summed E-state index contributed by atoms with van der Waals surface area (Å²) in [6, 6.07) is 0. The Morgan fingerprint density at radius 3 is 0.912 bits per heavy atom. The molecule has 0 N–H and O–H groups in total. The molecular weight excluding hydrogens is 841 g/mol. The first-order valence-electron chi connectivity index (χ1n) is 29.6. The van der Waals surface area contributed by atoms with E-state index >= 15 is 0 Å². The Bertz CT molecular complexity index is 1190. The van der Waals surface area contributed by atoms with Gasteiger partial charge in [-0.05, 0) is 77.0 Å². The topological polar surface area (TPSA) is 78.9 Å². The SMILES string of the molecule is CC/C=C\C/C=C\C/C=C\CCCCCCC(=O)OCC(COC(=O)CCCCCCCCC/C=C\CCCCCCCCCC)OC(=O)CCCCCCCCCCCCCCCCCCC. The van der Waals surface area contributed by atoms with E-state index in [-0.39, 0.29) is 31.1 Å². The summed E-state index contributed by atoms with van der Waals surface area (Å²) in [6.45, 7) is 6.55. The van der Waals surface area contributed by atoms with Crippen LogP contribution in [0.2, 0.25) is 0 Å². The summed E-state index contributed by atoms with van der Waals surface area (Å²) in [6.07, 6.45) is 69.6. The summed E-state index contributed by atoms with van der Waals surface area (Å²) >= 11 is 0. The molecule has 0 aliphatic rings. The zero-order valence-corrected chi connectivity index (χ0v) is 45.4. The molecule has 0 aromatic rings. The highest BCUT2D eigenvalue weighted by molar-refractivity contribution is 5.71. The number of hydrogen-bond acceptors (Lipinski definition) is 6. The van der Waals surface area contributed by atoms with E-state index in [4.69, 9.17) is 14.2 Å². The largest absolute Gasteiger partial charge is 0.462 e. The quantitative estimate of drug-likeness (QED) is 0.0262. The van der Waals surface area contributed by atoms with Gasteiger partial charge >= 0.3 is 17.9 Å². The molecule has 1 unspecified atom stereocenters. The van der Waals surface area contributed by atoms with Crippen LogP contribution in [0.25, 0.3) is 0 Å². The molecule has 0 bridgehead atoms. The van der Waals surface area contributed by atoms with Crippen LogP contribution in [0.5, 0.6) is 0 Å². The molecule has 0 fully saturated rings. The highest BCUT2D eigenvalue weighted by Gasteiger charge is 2.19. The lowest BCUT2D eigenvalue weighted by molar-refractivity contribution is -0.167. The molecule has 0 saturated heterocycles. The molecular formula is C62H112O6. The highest BCUT2D eigenvalue weighted by atomic mass is 16.6. The van der Waals surface area contributed by atoms with Crippen LogP contribution >= 0.6 is 0 Å². The summed E-state index contributed by atoms with van der Waals surface area (Å²) in [5.41, 5.74) is 0. The van der Waals surface area contributed by atoms with Gasteiger partial charge in [0.25, 0.3) is 0 Å². The second-order valence-electron chi connectivity index (χ2n) is 19.9. The predicted octanol–water partition coefficient (Wildman–Crippen LogP) is 19.8. The Morgan fingerprint density at radius 2 is 0.574 bits per heavy atom. The number of rotatable bonds is 54. The molecule has 0 saturated carbocycles. The fourth-order valence-electron chi connectivity index (χ4n) is 8.63. The molecule has 68 heavy (non-hydrogen) atoms. The van der Waals surface area contributed by atoms with Gasteiger partial charge in [0.2, 0.25) is 0 Å². The van der Waals surface area contributed by atoms with Crippen molar-refractivity contribution in [3.63, 3.8) is 0 Å². The Balaban J connectivity index is 4.35. The summed E-state index contributed by atoms with van der Waals surface area (Å²) in [4.78, 5) is 38.2. The normalized spacial score (nSPS) is 12.3. The van der Waals surface area contributed by atoms with Crippen LogP contribution in [0, 0.1) is 0 Å². The number of hydrogen-bond donors (Lipinski definition) is 0. The van der Waals surface area contributed by atoms with Gasteiger partial charge in [-0.25, -0.2) is 0 Å². The Morgan fingerprint density at radius 1 is 0.309 bits per heavy atom. The monoisotopic (exact) mass is 953 g/mol. The van der Waals surface area contributed by atoms with E-state index in [2.05, 4.69) is 69.4 Å². The van der Waals surface area contributed by atoms with Crippen molar-refractivity contribution in [1.29, 1.82) is 0 Å². The van der Waals surface area contributed by atoms with Crippen molar-refractivity contribution in [2.75, 3.05) is 13.2 Å². The van der Waals surface area contributed by atoms with E-state index in [1.165, 1.54) is 180 Å². The molecule has 0 amide bonds. The average molecular weight is 954 g/mol. The fraction of sp³-hybridized carbons (Fsp3) is 0.823. The fourth-order valence-corrected chi connectivity index (χ4v) is 8.63. The van der Waals surface area contributed by atoms with Gasteiger partial charge in [-0.1, -0.05) is 262 Å². The maximum absolute atomic E-state index is 12.9. The van der Waals surface area contributed by atoms with Crippen molar-refractivity contribution in [3.05, 3.63) is 48.6 Å².